The molecule has 208 valence electrons. The van der Waals surface area contributed by atoms with Crippen molar-refractivity contribution in [2.75, 3.05) is 23.7 Å². The number of sulfonamides is 1. The highest BCUT2D eigenvalue weighted by Crippen LogP contribution is 2.23. The van der Waals surface area contributed by atoms with Gasteiger partial charge in [0.25, 0.3) is 0 Å². The summed E-state index contributed by atoms with van der Waals surface area (Å²) in [5.74, 6) is -2.38. The van der Waals surface area contributed by atoms with Gasteiger partial charge in [-0.2, -0.15) is 0 Å². The van der Waals surface area contributed by atoms with Gasteiger partial charge in [-0.3, -0.25) is 13.9 Å². The van der Waals surface area contributed by atoms with Gasteiger partial charge < -0.3 is 10.2 Å². The Morgan fingerprint density at radius 3 is 2.15 bits per heavy atom. The van der Waals surface area contributed by atoms with Crippen molar-refractivity contribution in [2.45, 2.75) is 38.8 Å². The highest BCUT2D eigenvalue weighted by molar-refractivity contribution is 7.92. The van der Waals surface area contributed by atoms with Crippen LogP contribution in [0.4, 0.5) is 14.5 Å². The van der Waals surface area contributed by atoms with E-state index in [1.165, 1.54) is 47.4 Å². The molecule has 0 radical (unpaired) electrons. The van der Waals surface area contributed by atoms with Crippen LogP contribution in [0.5, 0.6) is 0 Å². The topological polar surface area (TPSA) is 86.8 Å². The van der Waals surface area contributed by atoms with Crippen LogP contribution < -0.4 is 9.62 Å². The number of nitrogens with one attached hydrogen (secondary N) is 1. The van der Waals surface area contributed by atoms with E-state index >= 15 is 0 Å². The third-order valence-corrected chi connectivity index (χ3v) is 7.29. The normalized spacial score (nSPS) is 12.0. The fourth-order valence-corrected chi connectivity index (χ4v) is 4.95. The number of carbonyl (C=O) groups excluding carboxylic acids is 2. The Balaban J connectivity index is 2.03. The molecule has 1 N–H and O–H groups in total. The number of hydrogen-bond acceptors (Lipinski definition) is 4. The maximum absolute atomic E-state index is 14.6. The van der Waals surface area contributed by atoms with Crippen LogP contribution in [0.2, 0.25) is 0 Å². The van der Waals surface area contributed by atoms with Crippen LogP contribution >= 0.6 is 0 Å². The molecule has 0 aliphatic heterocycles. The van der Waals surface area contributed by atoms with Gasteiger partial charge in [0, 0.05) is 19.5 Å². The fourth-order valence-electron chi connectivity index (χ4n) is 4.10. The van der Waals surface area contributed by atoms with Crippen molar-refractivity contribution in [2.24, 2.45) is 0 Å². The quantitative estimate of drug-likeness (QED) is 0.318. The second-order valence-electron chi connectivity index (χ2n) is 9.22. The monoisotopic (exact) mass is 557 g/mol. The molecule has 0 saturated carbocycles. The summed E-state index contributed by atoms with van der Waals surface area (Å²) in [7, 11) is -4.07. The van der Waals surface area contributed by atoms with E-state index in [1.54, 1.807) is 0 Å². The molecule has 39 heavy (non-hydrogen) atoms. The largest absolute Gasteiger partial charge is 0.354 e. The first-order valence-electron chi connectivity index (χ1n) is 12.7. The van der Waals surface area contributed by atoms with E-state index in [4.69, 9.17) is 0 Å². The third kappa shape index (κ3) is 8.61. The Morgan fingerprint density at radius 1 is 0.897 bits per heavy atom. The summed E-state index contributed by atoms with van der Waals surface area (Å²) < 4.78 is 54.3. The molecule has 3 aromatic rings. The van der Waals surface area contributed by atoms with Gasteiger partial charge in [0.15, 0.2) is 0 Å². The number of unbranched alkanes of at least 4 members (excludes halogenated alkanes) is 1. The summed E-state index contributed by atoms with van der Waals surface area (Å²) in [6.45, 7) is 1.57. The van der Waals surface area contributed by atoms with Gasteiger partial charge in [-0.05, 0) is 41.8 Å². The molecule has 1 atom stereocenters. The first-order chi connectivity index (χ1) is 18.6. The lowest BCUT2D eigenvalue weighted by Gasteiger charge is -2.33. The first-order valence-corrected chi connectivity index (χ1v) is 14.5. The van der Waals surface area contributed by atoms with Crippen LogP contribution in [0.1, 0.15) is 30.9 Å². The van der Waals surface area contributed by atoms with Crippen LogP contribution in [0.3, 0.4) is 0 Å². The number of nitrogens with zero attached hydrogens (tertiary/aromatic N) is 2. The predicted octanol–water partition coefficient (Wildman–Crippen LogP) is 4.29. The van der Waals surface area contributed by atoms with E-state index in [0.717, 1.165) is 30.7 Å². The van der Waals surface area contributed by atoms with Gasteiger partial charge in [0.1, 0.15) is 24.2 Å². The number of anilines is 1. The summed E-state index contributed by atoms with van der Waals surface area (Å²) in [5.41, 5.74) is 1.06. The Morgan fingerprint density at radius 2 is 1.54 bits per heavy atom. The van der Waals surface area contributed by atoms with Crippen molar-refractivity contribution in [3.8, 4) is 0 Å². The molecule has 2 amide bonds. The molecule has 3 rings (SSSR count). The summed E-state index contributed by atoms with van der Waals surface area (Å²) in [5, 5.41) is 2.87. The molecule has 10 heteroatoms. The maximum atomic E-state index is 14.6. The summed E-state index contributed by atoms with van der Waals surface area (Å²) in [4.78, 5) is 28.6. The SMILES string of the molecule is CCCCNC(=O)C(Cc1ccccc1)N(Cc1ccc(F)cc1)C(=O)CN(c1ccccc1F)S(C)(=O)=O. The Labute approximate surface area is 228 Å². The van der Waals surface area contributed by atoms with E-state index in [2.05, 4.69) is 5.32 Å². The van der Waals surface area contributed by atoms with Gasteiger partial charge in [-0.15, -0.1) is 0 Å². The summed E-state index contributed by atoms with van der Waals surface area (Å²) in [6, 6.07) is 18.9. The summed E-state index contributed by atoms with van der Waals surface area (Å²) >= 11 is 0. The van der Waals surface area contributed by atoms with Crippen molar-refractivity contribution < 1.29 is 26.8 Å². The Kier molecular flexibility index (Phi) is 10.6. The molecular formula is C29H33F2N3O4S. The van der Waals surface area contributed by atoms with E-state index < -0.39 is 46.1 Å². The van der Waals surface area contributed by atoms with Crippen LogP contribution in [-0.2, 0) is 32.6 Å². The first kappa shape index (κ1) is 29.8. The van der Waals surface area contributed by atoms with Crippen LogP contribution in [0.25, 0.3) is 0 Å². The van der Waals surface area contributed by atoms with Crippen molar-refractivity contribution in [1.82, 2.24) is 10.2 Å². The van der Waals surface area contributed by atoms with Gasteiger partial charge >= 0.3 is 0 Å². The average Bonchev–Trinajstić information content (AvgIpc) is 2.91. The predicted molar refractivity (Wildman–Crippen MR) is 147 cm³/mol. The molecule has 0 fully saturated rings. The molecule has 0 aromatic heterocycles. The van der Waals surface area contributed by atoms with Gasteiger partial charge in [-0.1, -0.05) is 67.9 Å². The standard InChI is InChI=1S/C29H33F2N3O4S/c1-3-4-18-32-29(36)27(19-22-10-6-5-7-11-22)33(20-23-14-16-24(30)17-15-23)28(35)21-34(39(2,37)38)26-13-9-8-12-25(26)31/h5-17,27H,3-4,18-21H2,1-2H3,(H,32,36). The Hall–Kier alpha value is -3.79. The highest BCUT2D eigenvalue weighted by Gasteiger charge is 2.33. The van der Waals surface area contributed by atoms with Crippen molar-refractivity contribution in [3.05, 3.63) is 102 Å². The third-order valence-electron chi connectivity index (χ3n) is 6.17. The zero-order valence-corrected chi connectivity index (χ0v) is 22.8. The molecule has 0 aliphatic rings. The maximum Gasteiger partial charge on any atom is 0.244 e. The van der Waals surface area contributed by atoms with E-state index in [1.807, 2.05) is 37.3 Å². The highest BCUT2D eigenvalue weighted by atomic mass is 32.2. The van der Waals surface area contributed by atoms with Crippen LogP contribution in [0, 0.1) is 11.6 Å². The Bertz CT molecular complexity index is 1350. The fraction of sp³-hybridized carbons (Fsp3) is 0.310. The van der Waals surface area contributed by atoms with Crippen molar-refractivity contribution in [3.63, 3.8) is 0 Å². The second-order valence-corrected chi connectivity index (χ2v) is 11.1. The zero-order valence-electron chi connectivity index (χ0n) is 22.0. The zero-order chi connectivity index (χ0) is 28.4. The minimum absolute atomic E-state index is 0.0906. The van der Waals surface area contributed by atoms with Gasteiger partial charge in [0.05, 0.1) is 11.9 Å². The smallest absolute Gasteiger partial charge is 0.244 e. The average molecular weight is 558 g/mol. The van der Waals surface area contributed by atoms with Crippen LogP contribution in [-0.4, -0.2) is 50.5 Å². The lowest BCUT2D eigenvalue weighted by atomic mass is 10.0. The van der Waals surface area contributed by atoms with Gasteiger partial charge in [0.2, 0.25) is 21.8 Å². The number of halogens is 2. The number of rotatable bonds is 13. The molecule has 1 unspecified atom stereocenters. The van der Waals surface area contributed by atoms with E-state index in [-0.39, 0.29) is 18.7 Å². The minimum atomic E-state index is -4.07. The number of carbonyl (C=O) groups is 2. The molecule has 0 aliphatic carbocycles. The number of para-hydroxylation sites is 1. The molecule has 0 saturated heterocycles. The van der Waals surface area contributed by atoms with Crippen molar-refractivity contribution in [1.29, 1.82) is 0 Å². The molecule has 0 spiro atoms. The molecule has 0 heterocycles. The van der Waals surface area contributed by atoms with Crippen molar-refractivity contribution >= 4 is 27.5 Å². The molecule has 3 aromatic carbocycles. The van der Waals surface area contributed by atoms with Gasteiger partial charge in [-0.25, -0.2) is 17.2 Å². The van der Waals surface area contributed by atoms with E-state index in [0.29, 0.717) is 16.4 Å². The lowest BCUT2D eigenvalue weighted by molar-refractivity contribution is -0.140. The molecule has 0 bridgehead atoms. The molecule has 7 nitrogen and oxygen atoms in total. The van der Waals surface area contributed by atoms with E-state index in [9.17, 15) is 26.8 Å². The molecular weight excluding hydrogens is 524 g/mol. The van der Waals surface area contributed by atoms with Crippen LogP contribution in [0.15, 0.2) is 78.9 Å². The summed E-state index contributed by atoms with van der Waals surface area (Å²) in [6.07, 6.45) is 2.64. The number of benzene rings is 3. The number of hydrogen-bond donors (Lipinski definition) is 1. The minimum Gasteiger partial charge on any atom is -0.354 e. The number of amides is 2. The second kappa shape index (κ2) is 13.8. The lowest BCUT2D eigenvalue weighted by Crippen LogP contribution is -2.53.